The Bertz CT molecular complexity index is 527. The lowest BCUT2D eigenvalue weighted by molar-refractivity contribution is 0.407. The number of ether oxygens (including phenoxy) is 1. The molecule has 1 aromatic heterocycles. The molecule has 0 N–H and O–H groups in total. The maximum atomic E-state index is 13.2. The van der Waals surface area contributed by atoms with E-state index in [2.05, 4.69) is 15.9 Å². The molecule has 17 heavy (non-hydrogen) atoms. The van der Waals surface area contributed by atoms with Crippen molar-refractivity contribution < 1.29 is 13.5 Å². The lowest BCUT2D eigenvalue weighted by Gasteiger charge is -2.12. The zero-order valence-electron chi connectivity index (χ0n) is 8.91. The quantitative estimate of drug-likeness (QED) is 0.774. The van der Waals surface area contributed by atoms with Crippen molar-refractivity contribution >= 4 is 27.5 Å². The van der Waals surface area contributed by atoms with E-state index in [-0.39, 0.29) is 10.6 Å². The van der Waals surface area contributed by atoms with Crippen molar-refractivity contribution in [1.82, 2.24) is 0 Å². The molecule has 0 radical (unpaired) electrons. The topological polar surface area (TPSA) is 22.4 Å². The summed E-state index contributed by atoms with van der Waals surface area (Å²) in [6.45, 7) is 0. The van der Waals surface area contributed by atoms with Crippen LogP contribution < -0.4 is 4.74 Å². The Labute approximate surface area is 111 Å². The lowest BCUT2D eigenvalue weighted by atomic mass is 10.1. The minimum atomic E-state index is -0.331. The summed E-state index contributed by atoms with van der Waals surface area (Å²) in [6.07, 6.45) is 0. The maximum Gasteiger partial charge on any atom is 0.193 e. The highest BCUT2D eigenvalue weighted by molar-refractivity contribution is 9.09. The highest BCUT2D eigenvalue weighted by Crippen LogP contribution is 2.38. The summed E-state index contributed by atoms with van der Waals surface area (Å²) in [5.41, 5.74) is 0.651. The standard InChI is InChI=1S/C12H9BrClFO2/c1-16-9-3-2-7(15)6-8(9)12(13)10-4-5-11(14)17-10/h2-6,12H,1H3. The molecule has 2 aromatic rings. The second-order valence-corrected chi connectivity index (χ2v) is 4.68. The molecule has 0 saturated heterocycles. The van der Waals surface area contributed by atoms with Crippen molar-refractivity contribution in [3.05, 3.63) is 52.7 Å². The van der Waals surface area contributed by atoms with Gasteiger partial charge in [-0.15, -0.1) is 0 Å². The molecule has 5 heteroatoms. The minimum Gasteiger partial charge on any atom is -0.496 e. The summed E-state index contributed by atoms with van der Waals surface area (Å²) in [6, 6.07) is 7.68. The largest absolute Gasteiger partial charge is 0.496 e. The molecule has 2 rings (SSSR count). The average molecular weight is 320 g/mol. The first-order valence-corrected chi connectivity index (χ1v) is 6.14. The summed E-state index contributed by atoms with van der Waals surface area (Å²) in [7, 11) is 1.53. The van der Waals surface area contributed by atoms with Crippen LogP contribution in [0.25, 0.3) is 0 Å². The van der Waals surface area contributed by atoms with Gasteiger partial charge in [0.2, 0.25) is 0 Å². The maximum absolute atomic E-state index is 13.2. The highest BCUT2D eigenvalue weighted by Gasteiger charge is 2.19. The molecule has 1 aromatic carbocycles. The van der Waals surface area contributed by atoms with Crippen LogP contribution in [0.3, 0.4) is 0 Å². The van der Waals surface area contributed by atoms with Gasteiger partial charge in [-0.2, -0.15) is 0 Å². The molecule has 0 aliphatic rings. The summed E-state index contributed by atoms with van der Waals surface area (Å²) >= 11 is 9.14. The molecule has 0 bridgehead atoms. The van der Waals surface area contributed by atoms with Gasteiger partial charge in [0.05, 0.1) is 7.11 Å². The van der Waals surface area contributed by atoms with Crippen LogP contribution in [-0.2, 0) is 0 Å². The van der Waals surface area contributed by atoms with Crippen LogP contribution in [0.15, 0.2) is 34.7 Å². The Morgan fingerprint density at radius 3 is 2.71 bits per heavy atom. The molecule has 90 valence electrons. The smallest absolute Gasteiger partial charge is 0.193 e. The fourth-order valence-corrected chi connectivity index (χ4v) is 2.28. The predicted molar refractivity (Wildman–Crippen MR) is 67.4 cm³/mol. The summed E-state index contributed by atoms with van der Waals surface area (Å²) in [5.74, 6) is 0.850. The third kappa shape index (κ3) is 2.64. The summed E-state index contributed by atoms with van der Waals surface area (Å²) < 4.78 is 23.7. The van der Waals surface area contributed by atoms with E-state index in [1.165, 1.54) is 19.2 Å². The molecule has 0 aliphatic heterocycles. The third-order valence-electron chi connectivity index (χ3n) is 2.31. The van der Waals surface area contributed by atoms with Gasteiger partial charge in [-0.05, 0) is 41.9 Å². The van der Waals surface area contributed by atoms with Crippen LogP contribution in [0, 0.1) is 5.82 Å². The molecule has 0 fully saturated rings. The van der Waals surface area contributed by atoms with E-state index in [9.17, 15) is 4.39 Å². The Morgan fingerprint density at radius 1 is 1.35 bits per heavy atom. The molecular weight excluding hydrogens is 310 g/mol. The van der Waals surface area contributed by atoms with Gasteiger partial charge < -0.3 is 9.15 Å². The molecule has 0 spiro atoms. The van der Waals surface area contributed by atoms with E-state index in [0.29, 0.717) is 22.3 Å². The molecule has 1 atom stereocenters. The Morgan fingerprint density at radius 2 is 2.12 bits per heavy atom. The molecule has 2 nitrogen and oxygen atoms in total. The Kier molecular flexibility index (Phi) is 3.74. The number of furan rings is 1. The number of rotatable bonds is 3. The first kappa shape index (κ1) is 12.5. The zero-order valence-corrected chi connectivity index (χ0v) is 11.3. The van der Waals surface area contributed by atoms with E-state index in [4.69, 9.17) is 20.8 Å². The Balaban J connectivity index is 2.42. The molecule has 1 heterocycles. The molecule has 0 amide bonds. The fourth-order valence-electron chi connectivity index (χ4n) is 1.52. The number of hydrogen-bond donors (Lipinski definition) is 0. The second-order valence-electron chi connectivity index (χ2n) is 3.39. The van der Waals surface area contributed by atoms with Gasteiger partial charge in [0, 0.05) is 5.56 Å². The van der Waals surface area contributed by atoms with Gasteiger partial charge in [0.1, 0.15) is 22.2 Å². The van der Waals surface area contributed by atoms with E-state index < -0.39 is 0 Å². The second kappa shape index (κ2) is 5.10. The van der Waals surface area contributed by atoms with Crippen molar-refractivity contribution in [2.75, 3.05) is 7.11 Å². The normalized spacial score (nSPS) is 12.5. The van der Waals surface area contributed by atoms with Gasteiger partial charge in [-0.1, -0.05) is 15.9 Å². The van der Waals surface area contributed by atoms with Gasteiger partial charge in [0.15, 0.2) is 5.22 Å². The van der Waals surface area contributed by atoms with E-state index in [0.717, 1.165) is 0 Å². The number of benzene rings is 1. The van der Waals surface area contributed by atoms with Gasteiger partial charge in [0.25, 0.3) is 0 Å². The third-order valence-corrected chi connectivity index (χ3v) is 3.46. The summed E-state index contributed by atoms with van der Waals surface area (Å²) in [5, 5.41) is 0.291. The minimum absolute atomic E-state index is 0.291. The zero-order chi connectivity index (χ0) is 12.4. The van der Waals surface area contributed by atoms with Crippen molar-refractivity contribution in [3.8, 4) is 5.75 Å². The van der Waals surface area contributed by atoms with E-state index >= 15 is 0 Å². The average Bonchev–Trinajstić information content (AvgIpc) is 2.75. The van der Waals surface area contributed by atoms with E-state index in [1.54, 1.807) is 18.2 Å². The van der Waals surface area contributed by atoms with Crippen LogP contribution >= 0.6 is 27.5 Å². The van der Waals surface area contributed by atoms with Crippen LogP contribution in [0.1, 0.15) is 16.2 Å². The highest BCUT2D eigenvalue weighted by atomic mass is 79.9. The van der Waals surface area contributed by atoms with Gasteiger partial charge >= 0.3 is 0 Å². The predicted octanol–water partition coefficient (Wildman–Crippen LogP) is 4.57. The molecular formula is C12H9BrClFO2. The van der Waals surface area contributed by atoms with Crippen molar-refractivity contribution in [1.29, 1.82) is 0 Å². The van der Waals surface area contributed by atoms with Gasteiger partial charge in [-0.25, -0.2) is 4.39 Å². The fraction of sp³-hybridized carbons (Fsp3) is 0.167. The van der Waals surface area contributed by atoms with Crippen LogP contribution in [-0.4, -0.2) is 7.11 Å². The number of halogens is 3. The van der Waals surface area contributed by atoms with Crippen molar-refractivity contribution in [2.45, 2.75) is 4.83 Å². The molecule has 1 unspecified atom stereocenters. The first-order valence-electron chi connectivity index (χ1n) is 4.84. The van der Waals surface area contributed by atoms with Gasteiger partial charge in [-0.3, -0.25) is 0 Å². The van der Waals surface area contributed by atoms with Crippen molar-refractivity contribution in [3.63, 3.8) is 0 Å². The van der Waals surface area contributed by atoms with Crippen molar-refractivity contribution in [2.24, 2.45) is 0 Å². The number of methoxy groups -OCH3 is 1. The Hall–Kier alpha value is -1.00. The van der Waals surface area contributed by atoms with Crippen LogP contribution in [0.5, 0.6) is 5.75 Å². The molecule has 0 saturated carbocycles. The summed E-state index contributed by atoms with van der Waals surface area (Å²) in [4.78, 5) is -0.305. The lowest BCUT2D eigenvalue weighted by Crippen LogP contribution is -1.96. The van der Waals surface area contributed by atoms with Crippen LogP contribution in [0.4, 0.5) is 4.39 Å². The monoisotopic (exact) mass is 318 g/mol. The van der Waals surface area contributed by atoms with Crippen LogP contribution in [0.2, 0.25) is 5.22 Å². The first-order chi connectivity index (χ1) is 8.11. The molecule has 0 aliphatic carbocycles. The SMILES string of the molecule is COc1ccc(F)cc1C(Br)c1ccc(Cl)o1. The van der Waals surface area contributed by atoms with E-state index in [1.807, 2.05) is 0 Å². The number of hydrogen-bond acceptors (Lipinski definition) is 2. The number of alkyl halides is 1.